The average molecular weight is 263 g/mol. The van der Waals surface area contributed by atoms with Crippen LogP contribution >= 0.6 is 0 Å². The summed E-state index contributed by atoms with van der Waals surface area (Å²) in [4.78, 5) is 22.7. The minimum atomic E-state index is -0.566. The molecule has 0 atom stereocenters. The van der Waals surface area contributed by atoms with E-state index in [1.165, 1.54) is 12.1 Å². The molecule has 0 aliphatic heterocycles. The van der Waals surface area contributed by atoms with E-state index in [0.717, 1.165) is 25.7 Å². The number of hydrogen-bond acceptors (Lipinski definition) is 4. The number of amides is 1. The SMILES string of the molecule is NCC1(C(=O)Nc2ccccc2[N+](=O)[O-])CCCC1. The fourth-order valence-corrected chi connectivity index (χ4v) is 2.57. The number of para-hydroxylation sites is 2. The highest BCUT2D eigenvalue weighted by Gasteiger charge is 2.40. The molecule has 0 bridgehead atoms. The molecule has 1 aliphatic rings. The summed E-state index contributed by atoms with van der Waals surface area (Å²) in [5.41, 5.74) is 5.30. The van der Waals surface area contributed by atoms with Crippen molar-refractivity contribution in [3.63, 3.8) is 0 Å². The van der Waals surface area contributed by atoms with Crippen molar-refractivity contribution in [1.29, 1.82) is 0 Å². The Morgan fingerprint density at radius 2 is 2.00 bits per heavy atom. The number of carbonyl (C=O) groups is 1. The van der Waals surface area contributed by atoms with Crippen molar-refractivity contribution in [2.24, 2.45) is 11.1 Å². The minimum Gasteiger partial charge on any atom is -0.329 e. The van der Waals surface area contributed by atoms with Gasteiger partial charge in [-0.1, -0.05) is 25.0 Å². The molecule has 1 fully saturated rings. The van der Waals surface area contributed by atoms with Gasteiger partial charge < -0.3 is 11.1 Å². The fourth-order valence-electron chi connectivity index (χ4n) is 2.57. The molecule has 1 amide bonds. The lowest BCUT2D eigenvalue weighted by atomic mass is 9.85. The van der Waals surface area contributed by atoms with Crippen LogP contribution in [0, 0.1) is 15.5 Å². The predicted octanol–water partition coefficient (Wildman–Crippen LogP) is 2.05. The highest BCUT2D eigenvalue weighted by atomic mass is 16.6. The van der Waals surface area contributed by atoms with E-state index >= 15 is 0 Å². The van der Waals surface area contributed by atoms with E-state index in [1.54, 1.807) is 12.1 Å². The van der Waals surface area contributed by atoms with E-state index in [9.17, 15) is 14.9 Å². The van der Waals surface area contributed by atoms with Gasteiger partial charge in [0.25, 0.3) is 5.69 Å². The van der Waals surface area contributed by atoms with Crippen LogP contribution in [0.5, 0.6) is 0 Å². The van der Waals surface area contributed by atoms with Gasteiger partial charge in [0, 0.05) is 12.6 Å². The number of carbonyl (C=O) groups excluding carboxylic acids is 1. The standard InChI is InChI=1S/C13H17N3O3/c14-9-13(7-3-4-8-13)12(17)15-10-5-1-2-6-11(10)16(18)19/h1-2,5-6H,3-4,7-9,14H2,(H,15,17). The molecule has 1 saturated carbocycles. The maximum Gasteiger partial charge on any atom is 0.292 e. The molecular formula is C13H17N3O3. The molecular weight excluding hydrogens is 246 g/mol. The topological polar surface area (TPSA) is 98.3 Å². The molecule has 3 N–H and O–H groups in total. The van der Waals surface area contributed by atoms with Gasteiger partial charge >= 0.3 is 0 Å². The lowest BCUT2D eigenvalue weighted by Crippen LogP contribution is -2.40. The Bertz CT molecular complexity index is 496. The maximum atomic E-state index is 12.3. The molecule has 2 rings (SSSR count). The molecule has 1 aromatic carbocycles. The first-order chi connectivity index (χ1) is 9.09. The van der Waals surface area contributed by atoms with E-state index < -0.39 is 10.3 Å². The Kier molecular flexibility index (Phi) is 3.80. The van der Waals surface area contributed by atoms with Crippen molar-refractivity contribution in [1.82, 2.24) is 0 Å². The summed E-state index contributed by atoms with van der Waals surface area (Å²) in [5, 5.41) is 13.6. The van der Waals surface area contributed by atoms with E-state index in [1.807, 2.05) is 0 Å². The first kappa shape index (κ1) is 13.5. The third-order valence-electron chi connectivity index (χ3n) is 3.78. The fraction of sp³-hybridized carbons (Fsp3) is 0.462. The summed E-state index contributed by atoms with van der Waals surface area (Å²) < 4.78 is 0. The Balaban J connectivity index is 2.21. The zero-order valence-electron chi connectivity index (χ0n) is 10.6. The summed E-state index contributed by atoms with van der Waals surface area (Å²) in [5.74, 6) is -0.207. The van der Waals surface area contributed by atoms with Crippen molar-refractivity contribution in [3.8, 4) is 0 Å². The van der Waals surface area contributed by atoms with Crippen molar-refractivity contribution in [2.75, 3.05) is 11.9 Å². The number of hydrogen-bond donors (Lipinski definition) is 2. The Labute approximate surface area is 111 Å². The van der Waals surface area contributed by atoms with Gasteiger partial charge in [0.2, 0.25) is 5.91 Å². The number of nitrogens with one attached hydrogen (secondary N) is 1. The first-order valence-corrected chi connectivity index (χ1v) is 6.34. The van der Waals surface area contributed by atoms with Crippen molar-refractivity contribution < 1.29 is 9.72 Å². The molecule has 0 radical (unpaired) electrons. The summed E-state index contributed by atoms with van der Waals surface area (Å²) in [6.45, 7) is 0.277. The molecule has 0 saturated heterocycles. The number of nitrogens with zero attached hydrogens (tertiary/aromatic N) is 1. The normalized spacial score (nSPS) is 17.1. The van der Waals surface area contributed by atoms with Gasteiger partial charge in [0.15, 0.2) is 0 Å². The van der Waals surface area contributed by atoms with Crippen LogP contribution < -0.4 is 11.1 Å². The number of nitrogens with two attached hydrogens (primary N) is 1. The predicted molar refractivity (Wildman–Crippen MR) is 71.7 cm³/mol. The Morgan fingerprint density at radius 3 is 2.58 bits per heavy atom. The third-order valence-corrected chi connectivity index (χ3v) is 3.78. The third kappa shape index (κ3) is 2.58. The summed E-state index contributed by atoms with van der Waals surface area (Å²) in [6, 6.07) is 6.14. The maximum absolute atomic E-state index is 12.3. The number of nitro benzene ring substituents is 1. The lowest BCUT2D eigenvalue weighted by Gasteiger charge is -2.25. The van der Waals surface area contributed by atoms with Gasteiger partial charge in [-0.05, 0) is 18.9 Å². The average Bonchev–Trinajstić information content (AvgIpc) is 2.89. The largest absolute Gasteiger partial charge is 0.329 e. The van der Waals surface area contributed by atoms with Gasteiger partial charge in [0.05, 0.1) is 10.3 Å². The van der Waals surface area contributed by atoms with Gasteiger partial charge in [-0.2, -0.15) is 0 Å². The Morgan fingerprint density at radius 1 is 1.37 bits per heavy atom. The van der Waals surface area contributed by atoms with Gasteiger partial charge in [0.1, 0.15) is 5.69 Å². The number of anilines is 1. The van der Waals surface area contributed by atoms with Crippen LogP contribution in [0.15, 0.2) is 24.3 Å². The second kappa shape index (κ2) is 5.36. The zero-order chi connectivity index (χ0) is 13.9. The molecule has 0 aromatic heterocycles. The van der Waals surface area contributed by atoms with Crippen molar-refractivity contribution in [2.45, 2.75) is 25.7 Å². The monoisotopic (exact) mass is 263 g/mol. The second-order valence-electron chi connectivity index (χ2n) is 4.92. The van der Waals surface area contributed by atoms with Crippen LogP contribution in [-0.4, -0.2) is 17.4 Å². The smallest absolute Gasteiger partial charge is 0.292 e. The molecule has 6 nitrogen and oxygen atoms in total. The zero-order valence-corrected chi connectivity index (χ0v) is 10.6. The van der Waals surface area contributed by atoms with E-state index in [-0.39, 0.29) is 23.8 Å². The molecule has 0 unspecified atom stereocenters. The summed E-state index contributed by atoms with van der Waals surface area (Å²) in [6.07, 6.45) is 3.44. The number of nitro groups is 1. The first-order valence-electron chi connectivity index (χ1n) is 6.34. The van der Waals surface area contributed by atoms with Crippen LogP contribution in [0.2, 0.25) is 0 Å². The second-order valence-corrected chi connectivity index (χ2v) is 4.92. The minimum absolute atomic E-state index is 0.0963. The van der Waals surface area contributed by atoms with E-state index in [2.05, 4.69) is 5.32 Å². The molecule has 19 heavy (non-hydrogen) atoms. The quantitative estimate of drug-likeness (QED) is 0.641. The van der Waals surface area contributed by atoms with Crippen LogP contribution in [0.4, 0.5) is 11.4 Å². The van der Waals surface area contributed by atoms with Crippen LogP contribution in [0.1, 0.15) is 25.7 Å². The summed E-state index contributed by atoms with van der Waals surface area (Å²) >= 11 is 0. The highest BCUT2D eigenvalue weighted by molar-refractivity contribution is 5.97. The van der Waals surface area contributed by atoms with Crippen molar-refractivity contribution in [3.05, 3.63) is 34.4 Å². The van der Waals surface area contributed by atoms with Crippen LogP contribution in [-0.2, 0) is 4.79 Å². The highest BCUT2D eigenvalue weighted by Crippen LogP contribution is 2.38. The molecule has 0 spiro atoms. The van der Waals surface area contributed by atoms with Gasteiger partial charge in [-0.3, -0.25) is 14.9 Å². The van der Waals surface area contributed by atoms with Crippen molar-refractivity contribution >= 4 is 17.3 Å². The van der Waals surface area contributed by atoms with Gasteiger partial charge in [-0.25, -0.2) is 0 Å². The van der Waals surface area contributed by atoms with E-state index in [0.29, 0.717) is 0 Å². The van der Waals surface area contributed by atoms with Crippen LogP contribution in [0.25, 0.3) is 0 Å². The van der Waals surface area contributed by atoms with Gasteiger partial charge in [-0.15, -0.1) is 0 Å². The molecule has 1 aromatic rings. The van der Waals surface area contributed by atoms with E-state index in [4.69, 9.17) is 5.73 Å². The summed E-state index contributed by atoms with van der Waals surface area (Å²) in [7, 11) is 0. The number of benzene rings is 1. The van der Waals surface area contributed by atoms with Crippen LogP contribution in [0.3, 0.4) is 0 Å². The Hall–Kier alpha value is -1.95. The molecule has 102 valence electrons. The number of rotatable bonds is 4. The lowest BCUT2D eigenvalue weighted by molar-refractivity contribution is -0.383. The molecule has 0 heterocycles. The molecule has 6 heteroatoms. The molecule has 1 aliphatic carbocycles.